The summed E-state index contributed by atoms with van der Waals surface area (Å²) in [5.74, 6) is -6.94. The highest BCUT2D eigenvalue weighted by Crippen LogP contribution is 2.49. The van der Waals surface area contributed by atoms with Gasteiger partial charge in [0.05, 0.1) is 38.2 Å². The Labute approximate surface area is 631 Å². The number of phosphoric acid groups is 1. The molecular weight excluding hydrogens is 1470 g/mol. The number of amides is 5. The summed E-state index contributed by atoms with van der Waals surface area (Å²) < 4.78 is 89.0. The number of aliphatic hydroxyl groups excluding tert-OH is 9. The number of nitrogens with one attached hydrogen (secondary N) is 3. The SMILES string of the molecule is [B]C1=C(NC(=O)C2O[C@@H](O[C@@H]3C(C)O[C@@H](O[C@@H]4C(CO[C@@H]5OC(CO)[C@@H](O)C(O)C5O)O[C@@H](OC5[C@@H](OP(=O)(O)OC[C@@H](OC/C=C(/C)CC/C=C/C(C)(C)CCC(=C)C/C=C(\C)CCC=C(C)C)C(=O)O)OC(C(N)=O)[C@@](C)(O)[C@@H]5OC(N)=O)C(NC(C)=O)C4O)[C@@H](NC(C)=O)C3O)[C@@H](O)C(O)[C@H]2O)C(=O)CC1. The molecule has 19 N–H and O–H groups in total. The van der Waals surface area contributed by atoms with E-state index in [0.717, 1.165) is 64.0 Å². The van der Waals surface area contributed by atoms with Crippen molar-refractivity contribution in [3.8, 4) is 0 Å². The fraction of sp³-hybridized carbons (Fsp3) is 0.725. The Morgan fingerprint density at radius 3 is 1.89 bits per heavy atom. The van der Waals surface area contributed by atoms with Gasteiger partial charge in [0.15, 0.2) is 67.8 Å². The number of carboxylic acids is 1. The molecule has 0 saturated carbocycles. The summed E-state index contributed by atoms with van der Waals surface area (Å²) in [6.45, 7) is 16.8. The van der Waals surface area contributed by atoms with Crippen molar-refractivity contribution in [2.45, 2.75) is 286 Å². The van der Waals surface area contributed by atoms with Crippen molar-refractivity contribution in [1.29, 1.82) is 0 Å². The molecule has 1 aliphatic carbocycles. The molecule has 40 heteroatoms. The first-order chi connectivity index (χ1) is 50.9. The lowest BCUT2D eigenvalue weighted by molar-refractivity contribution is -0.375. The van der Waals surface area contributed by atoms with Crippen LogP contribution in [-0.2, 0) is 94.5 Å². The molecule has 0 aromatic rings. The Balaban J connectivity index is 1.25. The molecule has 5 saturated heterocycles. The molecule has 27 atom stereocenters. The molecule has 6 rings (SSSR count). The van der Waals surface area contributed by atoms with E-state index in [9.17, 15) is 99.2 Å². The number of Topliss-reactive ketones (excluding diaryl/α,β-unsaturated/α-hetero) is 1. The molecule has 2 radical (unpaired) electrons. The number of aliphatic carboxylic acids is 1. The molecule has 13 unspecified atom stereocenters. The lowest BCUT2D eigenvalue weighted by atomic mass is 9.85. The number of aliphatic hydroxyl groups is 10. The average Bonchev–Trinajstić information content (AvgIpc) is 1.11. The number of hydrogen-bond donors (Lipinski definition) is 17. The molecule has 0 aromatic heterocycles. The summed E-state index contributed by atoms with van der Waals surface area (Å²) in [5.41, 5.74) is 12.3. The summed E-state index contributed by atoms with van der Waals surface area (Å²) in [7, 11) is 0.0365. The monoisotopic (exact) mass is 1580 g/mol. The maximum absolute atomic E-state index is 14.1. The van der Waals surface area contributed by atoms with Crippen LogP contribution in [0.25, 0.3) is 0 Å². The van der Waals surface area contributed by atoms with Crippen molar-refractivity contribution >= 4 is 57.1 Å². The van der Waals surface area contributed by atoms with Crippen LogP contribution in [-0.4, -0.2) is 296 Å². The van der Waals surface area contributed by atoms with E-state index in [1.807, 2.05) is 6.08 Å². The van der Waals surface area contributed by atoms with Gasteiger partial charge in [-0.05, 0) is 98.3 Å². The smallest absolute Gasteiger partial charge is 0.474 e. The Morgan fingerprint density at radius 1 is 0.725 bits per heavy atom. The molecular formula is C69H107BN5O33P. The number of rotatable bonds is 37. The van der Waals surface area contributed by atoms with Gasteiger partial charge in [-0.25, -0.2) is 14.2 Å². The van der Waals surface area contributed by atoms with Crippen molar-refractivity contribution < 1.29 is 160 Å². The normalized spacial score (nSPS) is 35.6. The molecule has 6 aliphatic rings. The van der Waals surface area contributed by atoms with Gasteiger partial charge in [-0.1, -0.05) is 78.6 Å². The average molecular weight is 1580 g/mol. The van der Waals surface area contributed by atoms with Crippen LogP contribution in [0.4, 0.5) is 4.79 Å². The van der Waals surface area contributed by atoms with E-state index in [1.165, 1.54) is 18.1 Å². The molecule has 109 heavy (non-hydrogen) atoms. The molecule has 38 nitrogen and oxygen atoms in total. The number of hydrogen-bond acceptors (Lipinski definition) is 31. The van der Waals surface area contributed by atoms with Crippen LogP contribution >= 0.6 is 7.82 Å². The van der Waals surface area contributed by atoms with Gasteiger partial charge in [-0.2, -0.15) is 0 Å². The fourth-order valence-electron chi connectivity index (χ4n) is 12.7. The fourth-order valence-corrected chi connectivity index (χ4v) is 13.5. The predicted molar refractivity (Wildman–Crippen MR) is 375 cm³/mol. The Bertz CT molecular complexity index is 3370. The summed E-state index contributed by atoms with van der Waals surface area (Å²) in [6, 6.07) is -3.98. The van der Waals surface area contributed by atoms with Gasteiger partial charge in [0.25, 0.3) is 5.91 Å². The van der Waals surface area contributed by atoms with E-state index >= 15 is 0 Å². The number of primary amides is 2. The zero-order valence-corrected chi connectivity index (χ0v) is 63.2. The van der Waals surface area contributed by atoms with E-state index < -0.39 is 228 Å². The lowest BCUT2D eigenvalue weighted by Crippen LogP contribution is -2.72. The van der Waals surface area contributed by atoms with Crippen molar-refractivity contribution in [3.05, 3.63) is 70.4 Å². The first-order valence-corrected chi connectivity index (χ1v) is 36.9. The van der Waals surface area contributed by atoms with Crippen LogP contribution in [0.15, 0.2) is 70.4 Å². The van der Waals surface area contributed by atoms with E-state index in [0.29, 0.717) is 12.8 Å². The van der Waals surface area contributed by atoms with Gasteiger partial charge in [-0.3, -0.25) is 33.0 Å². The van der Waals surface area contributed by atoms with Crippen molar-refractivity contribution in [2.75, 3.05) is 26.4 Å². The number of ketones is 1. The van der Waals surface area contributed by atoms with Gasteiger partial charge >= 0.3 is 19.9 Å². The van der Waals surface area contributed by atoms with Crippen molar-refractivity contribution in [2.24, 2.45) is 16.9 Å². The number of carbonyl (C=O) groups is 7. The van der Waals surface area contributed by atoms with E-state index in [1.54, 1.807) is 13.0 Å². The topological polar surface area (TPSA) is 587 Å². The number of allylic oxidation sites excluding steroid dienone is 10. The second-order valence-corrected chi connectivity index (χ2v) is 30.3. The zero-order valence-electron chi connectivity index (χ0n) is 62.3. The second kappa shape index (κ2) is 40.7. The van der Waals surface area contributed by atoms with Crippen LogP contribution in [0.2, 0.25) is 0 Å². The Hall–Kier alpha value is -5.90. The maximum atomic E-state index is 14.1. The first kappa shape index (κ1) is 92.0. The third kappa shape index (κ3) is 25.6. The molecule has 0 bridgehead atoms. The highest BCUT2D eigenvalue weighted by atomic mass is 31.2. The summed E-state index contributed by atoms with van der Waals surface area (Å²) in [4.78, 5) is 102. The van der Waals surface area contributed by atoms with Crippen LogP contribution in [0, 0.1) is 5.41 Å². The van der Waals surface area contributed by atoms with E-state index in [-0.39, 0.29) is 36.0 Å². The third-order valence-corrected chi connectivity index (χ3v) is 19.9. The standard InChI is InChI=1S/C69H107BN5O33P/c1-30(2)15-14-17-31(3)18-19-33(5)22-25-68(9,10)24-13-12-16-32(4)23-26-96-41(61(90)91)29-98-109(94,95)108-66-56(57(107-67(72)92)69(11,93)58(106-66)59(71)88)105-63-44(74-36(8)78)47(82)54(40(101-63)28-97-64-51(86)48(83)45(80)39(27-76)100-64)103-62-43(73-35(7)77)46(81)53(34(6)99-62)102-65-52(87)49(84)50(85)55(104-65)60(89)75-42-37(70)20-21-38(42)79/h13,15,18,23-24,34,39-41,43-58,62-66,76,80-87,93H,5,12,14,16-17,19-22,25-29H2,1-4,6-11H3,(H2,71,88)(H2,72,92)(H,73,77)(H,74,78)(H,75,89)(H,90,91)(H,94,95)/b24-13+,31-18+,32-23-/t34?,39?,40?,41-,43+,44?,45-,46?,47?,48?,49?,50-,51?,52+,53-,54-,55?,56?,57-,58?,62+,63+,64-,65-,66-,69+/m1/s1. The second-order valence-electron chi connectivity index (χ2n) is 28.9. The van der Waals surface area contributed by atoms with Gasteiger partial charge in [0.1, 0.15) is 98.8 Å². The quantitative estimate of drug-likeness (QED) is 0.0175. The predicted octanol–water partition coefficient (Wildman–Crippen LogP) is -2.42. The summed E-state index contributed by atoms with van der Waals surface area (Å²) >= 11 is 0. The maximum Gasteiger partial charge on any atom is 0.474 e. The summed E-state index contributed by atoms with van der Waals surface area (Å²) in [6.07, 6.45) is -34.7. The van der Waals surface area contributed by atoms with E-state index in [2.05, 4.69) is 75.4 Å². The number of nitrogens with two attached hydrogens (primary N) is 2. The molecule has 0 aromatic carbocycles. The van der Waals surface area contributed by atoms with Gasteiger partial charge in [0.2, 0.25) is 17.7 Å². The number of ether oxygens (including phenoxy) is 11. The largest absolute Gasteiger partial charge is 0.479 e. The number of carbonyl (C=O) groups excluding carboxylic acids is 6. The van der Waals surface area contributed by atoms with Crippen molar-refractivity contribution in [3.63, 3.8) is 0 Å². The minimum absolute atomic E-state index is 0.00414. The molecule has 5 amide bonds. The highest BCUT2D eigenvalue weighted by molar-refractivity contribution is 7.47. The van der Waals surface area contributed by atoms with Gasteiger partial charge < -0.3 is 141 Å². The van der Waals surface area contributed by atoms with E-state index in [4.69, 9.17) is 80.5 Å². The van der Waals surface area contributed by atoms with Crippen LogP contribution < -0.4 is 27.4 Å². The third-order valence-electron chi connectivity index (χ3n) is 19.0. The molecule has 614 valence electrons. The highest BCUT2D eigenvalue weighted by Gasteiger charge is 2.62. The number of phosphoric ester groups is 1. The van der Waals surface area contributed by atoms with Gasteiger partial charge in [0, 0.05) is 20.3 Å². The number of carboxylic acid groups (broad SMARTS) is 1. The summed E-state index contributed by atoms with van der Waals surface area (Å²) in [5, 5.41) is 129. The lowest BCUT2D eigenvalue weighted by Gasteiger charge is -2.52. The van der Waals surface area contributed by atoms with Crippen LogP contribution in [0.3, 0.4) is 0 Å². The Kier molecular flexibility index (Phi) is 34.4. The van der Waals surface area contributed by atoms with Crippen LogP contribution in [0.1, 0.15) is 127 Å². The first-order valence-electron chi connectivity index (χ1n) is 35.4. The molecule has 5 aliphatic heterocycles. The zero-order chi connectivity index (χ0) is 81.5. The van der Waals surface area contributed by atoms with Gasteiger partial charge in [-0.15, -0.1) is 0 Å². The van der Waals surface area contributed by atoms with Crippen LogP contribution in [0.5, 0.6) is 0 Å². The minimum Gasteiger partial charge on any atom is -0.479 e. The molecule has 5 heterocycles. The van der Waals surface area contributed by atoms with Crippen molar-refractivity contribution in [1.82, 2.24) is 16.0 Å². The molecule has 0 spiro atoms. The molecule has 5 fully saturated rings. The Morgan fingerprint density at radius 2 is 1.30 bits per heavy atom. The minimum atomic E-state index is -5.85.